The van der Waals surface area contributed by atoms with Crippen molar-refractivity contribution >= 4 is 16.8 Å². The number of pyridine rings is 2. The summed E-state index contributed by atoms with van der Waals surface area (Å²) in [6, 6.07) is 14.7. The molecule has 3 rings (SSSR count). The number of aromatic amines is 1. The molecule has 0 fully saturated rings. The number of amides is 1. The number of rotatable bonds is 5. The topological polar surface area (TPSA) is 66.1 Å². The van der Waals surface area contributed by atoms with Crippen molar-refractivity contribution in [3.63, 3.8) is 0 Å². The van der Waals surface area contributed by atoms with Crippen LogP contribution in [0.5, 0.6) is 0 Å². The highest BCUT2D eigenvalue weighted by Crippen LogP contribution is 2.14. The number of carbonyl (C=O) groups is 1. The van der Waals surface area contributed by atoms with Gasteiger partial charge in [-0.05, 0) is 35.6 Å². The smallest absolute Gasteiger partial charge is 0.272 e. The number of aromatic nitrogens is 2. The Bertz CT molecular complexity index is 932. The third-order valence-corrected chi connectivity index (χ3v) is 3.95. The number of nitrogens with zero attached hydrogens (tertiary/aromatic N) is 2. The molecule has 0 spiro atoms. The first-order chi connectivity index (χ1) is 12.0. The lowest BCUT2D eigenvalue weighted by Crippen LogP contribution is -2.36. The Balaban J connectivity index is 1.94. The molecular formula is C20H21N3O2. The van der Waals surface area contributed by atoms with Gasteiger partial charge in [-0.1, -0.05) is 38.1 Å². The van der Waals surface area contributed by atoms with Gasteiger partial charge in [0, 0.05) is 23.8 Å². The molecule has 0 saturated carbocycles. The third kappa shape index (κ3) is 3.94. The first-order valence-corrected chi connectivity index (χ1v) is 8.36. The van der Waals surface area contributed by atoms with Gasteiger partial charge in [0.15, 0.2) is 0 Å². The summed E-state index contributed by atoms with van der Waals surface area (Å²) in [4.78, 5) is 33.9. The maximum absolute atomic E-state index is 12.8. The summed E-state index contributed by atoms with van der Waals surface area (Å²) in [6.45, 7) is 4.90. The summed E-state index contributed by atoms with van der Waals surface area (Å²) in [6.07, 6.45) is 1.60. The van der Waals surface area contributed by atoms with Crippen LogP contribution in [-0.4, -0.2) is 27.3 Å². The van der Waals surface area contributed by atoms with Gasteiger partial charge in [0.2, 0.25) is 0 Å². The Kier molecular flexibility index (Phi) is 4.93. The van der Waals surface area contributed by atoms with E-state index in [1.54, 1.807) is 29.3 Å². The van der Waals surface area contributed by atoms with E-state index in [-0.39, 0.29) is 23.9 Å². The summed E-state index contributed by atoms with van der Waals surface area (Å²) in [5.74, 6) is 0.119. The first kappa shape index (κ1) is 16.9. The highest BCUT2D eigenvalue weighted by Gasteiger charge is 2.19. The van der Waals surface area contributed by atoms with Gasteiger partial charge >= 0.3 is 0 Å². The standard InChI is InChI=1S/C20H21N3O2/c1-14(2)12-23(20(25)18-9-5-6-10-21-18)13-16-11-15-7-3-4-8-17(15)22-19(16)24/h3-11,14H,12-13H2,1-2H3,(H,22,24). The molecular weight excluding hydrogens is 314 g/mol. The average molecular weight is 335 g/mol. The molecule has 5 nitrogen and oxygen atoms in total. The van der Waals surface area contributed by atoms with E-state index in [1.165, 1.54) is 0 Å². The van der Waals surface area contributed by atoms with Crippen LogP contribution in [0.25, 0.3) is 10.9 Å². The fourth-order valence-electron chi connectivity index (χ4n) is 2.83. The van der Waals surface area contributed by atoms with Gasteiger partial charge in [-0.2, -0.15) is 0 Å². The second-order valence-electron chi connectivity index (χ2n) is 6.51. The van der Waals surface area contributed by atoms with Gasteiger partial charge in [-0.25, -0.2) is 0 Å². The van der Waals surface area contributed by atoms with Crippen LogP contribution in [0.1, 0.15) is 29.9 Å². The van der Waals surface area contributed by atoms with Crippen molar-refractivity contribution in [3.8, 4) is 0 Å². The van der Waals surface area contributed by atoms with Gasteiger partial charge in [0.1, 0.15) is 5.69 Å². The van der Waals surface area contributed by atoms with E-state index in [4.69, 9.17) is 0 Å². The number of H-pyrrole nitrogens is 1. The van der Waals surface area contributed by atoms with Crippen LogP contribution in [0, 0.1) is 5.92 Å². The molecule has 0 aliphatic rings. The zero-order chi connectivity index (χ0) is 17.8. The van der Waals surface area contributed by atoms with Crippen LogP contribution in [-0.2, 0) is 6.54 Å². The highest BCUT2D eigenvalue weighted by molar-refractivity contribution is 5.92. The lowest BCUT2D eigenvalue weighted by molar-refractivity contribution is 0.0716. The minimum atomic E-state index is -0.165. The maximum atomic E-state index is 12.8. The Hall–Kier alpha value is -2.95. The molecule has 0 bridgehead atoms. The zero-order valence-electron chi connectivity index (χ0n) is 14.4. The largest absolute Gasteiger partial charge is 0.333 e. The van der Waals surface area contributed by atoms with Gasteiger partial charge in [-0.3, -0.25) is 14.6 Å². The van der Waals surface area contributed by atoms with Crippen molar-refractivity contribution in [2.45, 2.75) is 20.4 Å². The Morgan fingerprint density at radius 1 is 1.16 bits per heavy atom. The Morgan fingerprint density at radius 2 is 1.92 bits per heavy atom. The lowest BCUT2D eigenvalue weighted by atomic mass is 10.1. The van der Waals surface area contributed by atoms with Crippen molar-refractivity contribution in [2.75, 3.05) is 6.54 Å². The predicted molar refractivity (Wildman–Crippen MR) is 98.4 cm³/mol. The molecule has 2 heterocycles. The molecule has 0 aliphatic heterocycles. The van der Waals surface area contributed by atoms with Crippen LogP contribution >= 0.6 is 0 Å². The minimum Gasteiger partial charge on any atom is -0.333 e. The molecule has 0 unspecified atom stereocenters. The fraction of sp³-hybridized carbons (Fsp3) is 0.250. The number of para-hydroxylation sites is 1. The fourth-order valence-corrected chi connectivity index (χ4v) is 2.83. The Labute approximate surface area is 146 Å². The third-order valence-electron chi connectivity index (χ3n) is 3.95. The lowest BCUT2D eigenvalue weighted by Gasteiger charge is -2.24. The Morgan fingerprint density at radius 3 is 2.64 bits per heavy atom. The van der Waals surface area contributed by atoms with E-state index < -0.39 is 0 Å². The molecule has 0 atom stereocenters. The molecule has 5 heteroatoms. The monoisotopic (exact) mass is 335 g/mol. The molecule has 0 radical (unpaired) electrons. The molecule has 0 saturated heterocycles. The molecule has 0 aliphatic carbocycles. The van der Waals surface area contributed by atoms with Crippen molar-refractivity contribution < 1.29 is 4.79 Å². The molecule has 2 aromatic heterocycles. The van der Waals surface area contributed by atoms with E-state index in [0.29, 0.717) is 17.8 Å². The number of fused-ring (bicyclic) bond motifs is 1. The zero-order valence-corrected chi connectivity index (χ0v) is 14.4. The van der Waals surface area contributed by atoms with Gasteiger partial charge in [-0.15, -0.1) is 0 Å². The van der Waals surface area contributed by atoms with Crippen molar-refractivity contribution in [3.05, 3.63) is 76.3 Å². The molecule has 1 amide bonds. The van der Waals surface area contributed by atoms with Crippen LogP contribution in [0.4, 0.5) is 0 Å². The van der Waals surface area contributed by atoms with Gasteiger partial charge in [0.25, 0.3) is 11.5 Å². The summed E-state index contributed by atoms with van der Waals surface area (Å²) in [5.41, 5.74) is 1.59. The summed E-state index contributed by atoms with van der Waals surface area (Å²) in [7, 11) is 0. The maximum Gasteiger partial charge on any atom is 0.272 e. The van der Waals surface area contributed by atoms with Crippen molar-refractivity contribution in [2.24, 2.45) is 5.92 Å². The second kappa shape index (κ2) is 7.30. The predicted octanol–water partition coefficient (Wildman–Crippen LogP) is 3.22. The number of hydrogen-bond donors (Lipinski definition) is 1. The van der Waals surface area contributed by atoms with Crippen molar-refractivity contribution in [1.29, 1.82) is 0 Å². The van der Waals surface area contributed by atoms with E-state index in [1.807, 2.05) is 44.2 Å². The van der Waals surface area contributed by atoms with Crippen LogP contribution in [0.3, 0.4) is 0 Å². The van der Waals surface area contributed by atoms with E-state index in [0.717, 1.165) is 10.9 Å². The highest BCUT2D eigenvalue weighted by atomic mass is 16.2. The van der Waals surface area contributed by atoms with E-state index in [2.05, 4.69) is 9.97 Å². The summed E-state index contributed by atoms with van der Waals surface area (Å²) >= 11 is 0. The minimum absolute atomic E-state index is 0.165. The van der Waals surface area contributed by atoms with Crippen LogP contribution in [0.15, 0.2) is 59.5 Å². The number of carbonyl (C=O) groups excluding carboxylic acids is 1. The summed E-state index contributed by atoms with van der Waals surface area (Å²) < 4.78 is 0. The number of benzene rings is 1. The second-order valence-corrected chi connectivity index (χ2v) is 6.51. The van der Waals surface area contributed by atoms with Gasteiger partial charge < -0.3 is 9.88 Å². The summed E-state index contributed by atoms with van der Waals surface area (Å²) in [5, 5.41) is 0.951. The van der Waals surface area contributed by atoms with E-state index >= 15 is 0 Å². The van der Waals surface area contributed by atoms with E-state index in [9.17, 15) is 9.59 Å². The molecule has 3 aromatic rings. The normalized spacial score (nSPS) is 11.0. The molecule has 1 N–H and O–H groups in total. The van der Waals surface area contributed by atoms with Crippen LogP contribution in [0.2, 0.25) is 0 Å². The molecule has 128 valence electrons. The van der Waals surface area contributed by atoms with Crippen LogP contribution < -0.4 is 5.56 Å². The molecule has 25 heavy (non-hydrogen) atoms. The average Bonchev–Trinajstić information content (AvgIpc) is 2.61. The van der Waals surface area contributed by atoms with Crippen molar-refractivity contribution in [1.82, 2.24) is 14.9 Å². The quantitative estimate of drug-likeness (QED) is 0.778. The SMILES string of the molecule is CC(C)CN(Cc1cc2ccccc2[nH]c1=O)C(=O)c1ccccn1. The number of nitrogens with one attached hydrogen (secondary N) is 1. The van der Waals surface area contributed by atoms with Gasteiger partial charge in [0.05, 0.1) is 6.54 Å². The number of hydrogen-bond acceptors (Lipinski definition) is 3. The molecule has 1 aromatic carbocycles. The first-order valence-electron chi connectivity index (χ1n) is 8.36.